The highest BCUT2D eigenvalue weighted by Gasteiger charge is 2.26. The zero-order chi connectivity index (χ0) is 14.4. The maximum atomic E-state index is 12.0. The van der Waals surface area contributed by atoms with Gasteiger partial charge in [0.15, 0.2) is 5.92 Å². The molecule has 0 bridgehead atoms. The number of esters is 1. The summed E-state index contributed by atoms with van der Waals surface area (Å²) in [4.78, 5) is 12.0. The van der Waals surface area contributed by atoms with E-state index in [-0.39, 0.29) is 0 Å². The number of nitrogens with zero attached hydrogens (tertiary/aromatic N) is 1. The normalized spacial score (nSPS) is 11.7. The van der Waals surface area contributed by atoms with Gasteiger partial charge in [0.1, 0.15) is 0 Å². The molecule has 1 rings (SSSR count). The zero-order valence-electron chi connectivity index (χ0n) is 12.1. The summed E-state index contributed by atoms with van der Waals surface area (Å²) >= 11 is 0. The average Bonchev–Trinajstić information content (AvgIpc) is 2.40. The van der Waals surface area contributed by atoms with Crippen LogP contribution in [0.2, 0.25) is 0 Å². The molecule has 0 spiro atoms. The molecule has 0 heterocycles. The van der Waals surface area contributed by atoms with Crippen LogP contribution in [0.5, 0.6) is 0 Å². The van der Waals surface area contributed by atoms with Gasteiger partial charge in [-0.05, 0) is 43.4 Å². The Kier molecular flexibility index (Phi) is 5.57. The molecule has 0 saturated heterocycles. The predicted octanol–water partition coefficient (Wildman–Crippen LogP) is 3.29. The molecular weight excluding hydrogens is 238 g/mol. The lowest BCUT2D eigenvalue weighted by Crippen LogP contribution is -2.18. The second kappa shape index (κ2) is 6.94. The Balaban J connectivity index is 3.37. The molecular formula is C16H21NO2. The van der Waals surface area contributed by atoms with Crippen molar-refractivity contribution in [1.82, 2.24) is 0 Å². The number of aryl methyl sites for hydroxylation is 3. The number of carbonyl (C=O) groups excluding carboxylic acids is 1. The number of hydrogen-bond acceptors (Lipinski definition) is 3. The van der Waals surface area contributed by atoms with Gasteiger partial charge >= 0.3 is 5.97 Å². The van der Waals surface area contributed by atoms with Crippen molar-refractivity contribution in [2.24, 2.45) is 0 Å². The first-order valence-corrected chi connectivity index (χ1v) is 6.77. The summed E-state index contributed by atoms with van der Waals surface area (Å²) in [5.41, 5.74) is 4.14. The zero-order valence-corrected chi connectivity index (χ0v) is 12.1. The van der Waals surface area contributed by atoms with E-state index >= 15 is 0 Å². The van der Waals surface area contributed by atoms with E-state index in [4.69, 9.17) is 4.74 Å². The first-order chi connectivity index (χ1) is 9.08. The fraction of sp³-hybridized carbons (Fsp3) is 0.500. The Bertz CT molecular complexity index is 475. The summed E-state index contributed by atoms with van der Waals surface area (Å²) in [5.74, 6) is -1.26. The Hall–Kier alpha value is -1.82. The molecule has 0 N–H and O–H groups in total. The lowest BCUT2D eigenvalue weighted by molar-refractivity contribution is -0.143. The summed E-state index contributed by atoms with van der Waals surface area (Å²) in [6.45, 7) is 8.16. The van der Waals surface area contributed by atoms with Crippen molar-refractivity contribution in [1.29, 1.82) is 5.26 Å². The highest BCUT2D eigenvalue weighted by atomic mass is 16.5. The van der Waals surface area contributed by atoms with Crippen LogP contribution in [0.1, 0.15) is 48.9 Å². The highest BCUT2D eigenvalue weighted by molar-refractivity contribution is 5.82. The Morgan fingerprint density at radius 3 is 2.16 bits per heavy atom. The van der Waals surface area contributed by atoms with Gasteiger partial charge in [0.05, 0.1) is 12.7 Å². The monoisotopic (exact) mass is 259 g/mol. The minimum Gasteiger partial charge on any atom is -0.465 e. The SMILES string of the molecule is CCOC(=O)C(C#N)c1c(CC)cc(C)cc1CC. The summed E-state index contributed by atoms with van der Waals surface area (Å²) in [6, 6.07) is 6.20. The van der Waals surface area contributed by atoms with Crippen molar-refractivity contribution in [3.8, 4) is 6.07 Å². The van der Waals surface area contributed by atoms with Crippen molar-refractivity contribution in [2.45, 2.75) is 46.5 Å². The summed E-state index contributed by atoms with van der Waals surface area (Å²) < 4.78 is 5.02. The van der Waals surface area contributed by atoms with Gasteiger partial charge in [0.2, 0.25) is 0 Å². The van der Waals surface area contributed by atoms with E-state index in [1.807, 2.05) is 20.8 Å². The van der Waals surface area contributed by atoms with Crippen molar-refractivity contribution < 1.29 is 9.53 Å². The minimum atomic E-state index is -0.814. The molecule has 1 atom stereocenters. The van der Waals surface area contributed by atoms with Gasteiger partial charge in [-0.2, -0.15) is 5.26 Å². The number of rotatable bonds is 5. The number of hydrogen-bond donors (Lipinski definition) is 0. The number of carbonyl (C=O) groups is 1. The van der Waals surface area contributed by atoms with Crippen molar-refractivity contribution in [3.05, 3.63) is 34.4 Å². The van der Waals surface area contributed by atoms with Crippen LogP contribution < -0.4 is 0 Å². The molecule has 0 aromatic heterocycles. The van der Waals surface area contributed by atoms with E-state index in [0.717, 1.165) is 35.1 Å². The summed E-state index contributed by atoms with van der Waals surface area (Å²) in [6.07, 6.45) is 1.61. The Morgan fingerprint density at radius 1 is 1.26 bits per heavy atom. The maximum absolute atomic E-state index is 12.0. The van der Waals surface area contributed by atoms with Gasteiger partial charge in [-0.1, -0.05) is 31.5 Å². The largest absolute Gasteiger partial charge is 0.465 e. The van der Waals surface area contributed by atoms with Crippen LogP contribution in [0, 0.1) is 18.3 Å². The Morgan fingerprint density at radius 2 is 1.79 bits per heavy atom. The van der Waals surface area contributed by atoms with E-state index in [1.54, 1.807) is 6.92 Å². The minimum absolute atomic E-state index is 0.297. The molecule has 0 aliphatic rings. The van der Waals surface area contributed by atoms with Gasteiger partial charge in [-0.25, -0.2) is 0 Å². The molecule has 102 valence electrons. The molecule has 0 radical (unpaired) electrons. The quantitative estimate of drug-likeness (QED) is 0.762. The molecule has 0 aliphatic carbocycles. The second-order valence-corrected chi connectivity index (χ2v) is 4.52. The van der Waals surface area contributed by atoms with E-state index in [0.29, 0.717) is 6.61 Å². The van der Waals surface area contributed by atoms with Crippen molar-refractivity contribution >= 4 is 5.97 Å². The number of benzene rings is 1. The highest BCUT2D eigenvalue weighted by Crippen LogP contribution is 2.28. The van der Waals surface area contributed by atoms with Crippen LogP contribution in [0.25, 0.3) is 0 Å². The second-order valence-electron chi connectivity index (χ2n) is 4.52. The van der Waals surface area contributed by atoms with Crippen LogP contribution in [-0.2, 0) is 22.4 Å². The average molecular weight is 259 g/mol. The van der Waals surface area contributed by atoms with Gasteiger partial charge in [0.25, 0.3) is 0 Å². The standard InChI is InChI=1S/C16H21NO2/c1-5-12-8-11(4)9-13(6-2)15(12)14(10-17)16(18)19-7-3/h8-9,14H,5-7H2,1-4H3. The lowest BCUT2D eigenvalue weighted by atomic mass is 9.87. The molecule has 1 aromatic carbocycles. The van der Waals surface area contributed by atoms with Crippen LogP contribution in [0.4, 0.5) is 0 Å². The predicted molar refractivity (Wildman–Crippen MR) is 74.9 cm³/mol. The van der Waals surface area contributed by atoms with Gasteiger partial charge in [0, 0.05) is 0 Å². The van der Waals surface area contributed by atoms with Crippen LogP contribution in [-0.4, -0.2) is 12.6 Å². The number of ether oxygens (including phenoxy) is 1. The first-order valence-electron chi connectivity index (χ1n) is 6.77. The van der Waals surface area contributed by atoms with Crippen molar-refractivity contribution in [3.63, 3.8) is 0 Å². The molecule has 3 nitrogen and oxygen atoms in total. The summed E-state index contributed by atoms with van der Waals surface area (Å²) in [7, 11) is 0. The molecule has 1 unspecified atom stereocenters. The smallest absolute Gasteiger partial charge is 0.327 e. The molecule has 19 heavy (non-hydrogen) atoms. The van der Waals surface area contributed by atoms with Crippen molar-refractivity contribution in [2.75, 3.05) is 6.61 Å². The fourth-order valence-corrected chi connectivity index (χ4v) is 2.37. The topological polar surface area (TPSA) is 50.1 Å². The van der Waals surface area contributed by atoms with E-state index in [2.05, 4.69) is 18.2 Å². The molecule has 0 amide bonds. The molecule has 0 aliphatic heterocycles. The lowest BCUT2D eigenvalue weighted by Gasteiger charge is -2.18. The molecule has 1 aromatic rings. The third kappa shape index (κ3) is 3.35. The fourth-order valence-electron chi connectivity index (χ4n) is 2.37. The van der Waals surface area contributed by atoms with E-state index < -0.39 is 11.9 Å². The van der Waals surface area contributed by atoms with Gasteiger partial charge < -0.3 is 4.74 Å². The van der Waals surface area contributed by atoms with Gasteiger partial charge in [-0.3, -0.25) is 4.79 Å². The molecule has 0 fully saturated rings. The van der Waals surface area contributed by atoms with Crippen LogP contribution in [0.15, 0.2) is 12.1 Å². The third-order valence-corrected chi connectivity index (χ3v) is 3.20. The Labute approximate surface area is 115 Å². The first kappa shape index (κ1) is 15.2. The van der Waals surface area contributed by atoms with E-state index in [1.165, 1.54) is 0 Å². The molecule has 0 saturated carbocycles. The maximum Gasteiger partial charge on any atom is 0.327 e. The van der Waals surface area contributed by atoms with Crippen LogP contribution >= 0.6 is 0 Å². The van der Waals surface area contributed by atoms with Gasteiger partial charge in [-0.15, -0.1) is 0 Å². The number of nitriles is 1. The van der Waals surface area contributed by atoms with E-state index in [9.17, 15) is 10.1 Å². The summed E-state index contributed by atoms with van der Waals surface area (Å²) in [5, 5.41) is 9.33. The molecule has 3 heteroatoms. The van der Waals surface area contributed by atoms with Crippen LogP contribution in [0.3, 0.4) is 0 Å². The third-order valence-electron chi connectivity index (χ3n) is 3.20.